The first-order valence-electron chi connectivity index (χ1n) is 4.11. The van der Waals surface area contributed by atoms with Crippen molar-refractivity contribution in [3.63, 3.8) is 0 Å². The number of carbonyl (C=O) groups excluding carboxylic acids is 1. The highest BCUT2D eigenvalue weighted by Crippen LogP contribution is 2.24. The number of benzene rings is 1. The lowest BCUT2D eigenvalue weighted by Gasteiger charge is -2.03. The molecule has 0 bridgehead atoms. The molecule has 1 nitrogen and oxygen atoms in total. The van der Waals surface area contributed by atoms with Crippen molar-refractivity contribution in [3.8, 4) is 0 Å². The second-order valence-electron chi connectivity index (χ2n) is 2.71. The van der Waals surface area contributed by atoms with Crippen molar-refractivity contribution in [1.29, 1.82) is 0 Å². The fraction of sp³-hybridized carbons (Fsp3) is 0.300. The molecule has 0 aliphatic carbocycles. The number of ketones is 1. The molecule has 0 aliphatic heterocycles. The van der Waals surface area contributed by atoms with Gasteiger partial charge < -0.3 is 0 Å². The summed E-state index contributed by atoms with van der Waals surface area (Å²) in [5, 5.41) is 0. The van der Waals surface area contributed by atoms with Gasteiger partial charge in [0, 0.05) is 27.2 Å². The summed E-state index contributed by atoms with van der Waals surface area (Å²) in [6.07, 6.45) is 2.39. The maximum absolute atomic E-state index is 11.5. The Bertz CT molecular complexity index is 341. The van der Waals surface area contributed by atoms with E-state index in [1.807, 2.05) is 24.5 Å². The molecule has 76 valence electrons. The SMILES string of the molecule is CSc1ccc(C(=O)CCCl)c(Br)c1. The zero-order valence-electron chi connectivity index (χ0n) is 7.72. The zero-order chi connectivity index (χ0) is 10.6. The summed E-state index contributed by atoms with van der Waals surface area (Å²) >= 11 is 10.5. The zero-order valence-corrected chi connectivity index (χ0v) is 10.9. The maximum Gasteiger partial charge on any atom is 0.165 e. The second-order valence-corrected chi connectivity index (χ2v) is 4.82. The predicted octanol–water partition coefficient (Wildman–Crippen LogP) is 3.98. The van der Waals surface area contributed by atoms with E-state index in [0.717, 1.165) is 9.37 Å². The van der Waals surface area contributed by atoms with Gasteiger partial charge in [0.15, 0.2) is 5.78 Å². The second kappa shape index (κ2) is 5.79. The number of halogens is 2. The highest BCUT2D eigenvalue weighted by atomic mass is 79.9. The Hall–Kier alpha value is 0.01000. The van der Waals surface area contributed by atoms with E-state index in [9.17, 15) is 4.79 Å². The Labute approximate surface area is 101 Å². The van der Waals surface area contributed by atoms with Crippen molar-refractivity contribution in [2.45, 2.75) is 11.3 Å². The van der Waals surface area contributed by atoms with Gasteiger partial charge in [-0.1, -0.05) is 15.9 Å². The maximum atomic E-state index is 11.5. The van der Waals surface area contributed by atoms with E-state index >= 15 is 0 Å². The average Bonchev–Trinajstić information content (AvgIpc) is 2.17. The number of thioether (sulfide) groups is 1. The van der Waals surface area contributed by atoms with Crippen molar-refractivity contribution in [2.75, 3.05) is 12.1 Å². The Morgan fingerprint density at radius 1 is 1.57 bits per heavy atom. The minimum atomic E-state index is 0.0829. The fourth-order valence-corrected chi connectivity index (χ4v) is 2.43. The van der Waals surface area contributed by atoms with Crippen molar-refractivity contribution >= 4 is 45.1 Å². The normalized spacial score (nSPS) is 10.2. The van der Waals surface area contributed by atoms with Gasteiger partial charge in [-0.15, -0.1) is 23.4 Å². The molecule has 1 aromatic rings. The number of Topliss-reactive ketones (excluding diaryl/α,β-unsaturated/α-hetero) is 1. The molecule has 0 amide bonds. The summed E-state index contributed by atoms with van der Waals surface area (Å²) in [6, 6.07) is 5.73. The molecule has 4 heteroatoms. The van der Waals surface area contributed by atoms with E-state index in [0.29, 0.717) is 17.9 Å². The van der Waals surface area contributed by atoms with Gasteiger partial charge in [0.1, 0.15) is 0 Å². The molecule has 1 rings (SSSR count). The van der Waals surface area contributed by atoms with Crippen LogP contribution in [0.5, 0.6) is 0 Å². The molecule has 0 saturated carbocycles. The first kappa shape index (κ1) is 12.1. The third-order valence-electron chi connectivity index (χ3n) is 1.80. The van der Waals surface area contributed by atoms with Crippen molar-refractivity contribution in [1.82, 2.24) is 0 Å². The first-order valence-corrected chi connectivity index (χ1v) is 6.67. The molecule has 1 aromatic carbocycles. The van der Waals surface area contributed by atoms with E-state index in [1.54, 1.807) is 11.8 Å². The molecule has 0 aliphatic rings. The van der Waals surface area contributed by atoms with Gasteiger partial charge in [-0.3, -0.25) is 4.79 Å². The van der Waals surface area contributed by atoms with Gasteiger partial charge in [-0.25, -0.2) is 0 Å². The van der Waals surface area contributed by atoms with Gasteiger partial charge in [-0.05, 0) is 24.5 Å². The molecular formula is C10H10BrClOS. The van der Waals surface area contributed by atoms with Gasteiger partial charge in [0.2, 0.25) is 0 Å². The summed E-state index contributed by atoms with van der Waals surface area (Å²) in [5.74, 6) is 0.453. The molecule has 0 spiro atoms. The average molecular weight is 294 g/mol. The van der Waals surface area contributed by atoms with Crippen LogP contribution in [0, 0.1) is 0 Å². The van der Waals surface area contributed by atoms with E-state index in [2.05, 4.69) is 15.9 Å². The van der Waals surface area contributed by atoms with E-state index in [1.165, 1.54) is 0 Å². The van der Waals surface area contributed by atoms with Gasteiger partial charge in [-0.2, -0.15) is 0 Å². The Morgan fingerprint density at radius 2 is 2.29 bits per heavy atom. The molecule has 0 radical (unpaired) electrons. The first-order chi connectivity index (χ1) is 6.69. The van der Waals surface area contributed by atoms with Crippen LogP contribution in [0.1, 0.15) is 16.8 Å². The van der Waals surface area contributed by atoms with Crippen molar-refractivity contribution < 1.29 is 4.79 Å². The smallest absolute Gasteiger partial charge is 0.165 e. The molecule has 0 atom stereocenters. The predicted molar refractivity (Wildman–Crippen MR) is 65.6 cm³/mol. The number of hydrogen-bond acceptors (Lipinski definition) is 2. The lowest BCUT2D eigenvalue weighted by Crippen LogP contribution is -2.00. The highest BCUT2D eigenvalue weighted by Gasteiger charge is 2.09. The third-order valence-corrected chi connectivity index (χ3v) is 3.37. The third kappa shape index (κ3) is 3.01. The van der Waals surface area contributed by atoms with Crippen molar-refractivity contribution in [3.05, 3.63) is 28.2 Å². The molecule has 0 heterocycles. The molecule has 0 N–H and O–H groups in total. The molecule has 0 unspecified atom stereocenters. The standard InChI is InChI=1S/C10H10BrClOS/c1-14-7-2-3-8(9(11)6-7)10(13)4-5-12/h2-3,6H,4-5H2,1H3. The molecule has 0 saturated heterocycles. The fourth-order valence-electron chi connectivity index (χ4n) is 1.07. The van der Waals surface area contributed by atoms with Gasteiger partial charge >= 0.3 is 0 Å². The molecular weight excluding hydrogens is 284 g/mol. The lowest BCUT2D eigenvalue weighted by molar-refractivity contribution is 0.0988. The largest absolute Gasteiger partial charge is 0.294 e. The quantitative estimate of drug-likeness (QED) is 0.474. The molecule has 0 fully saturated rings. The van der Waals surface area contributed by atoms with E-state index < -0.39 is 0 Å². The van der Waals surface area contributed by atoms with Crippen LogP contribution >= 0.6 is 39.3 Å². The van der Waals surface area contributed by atoms with Crippen LogP contribution in [0.15, 0.2) is 27.6 Å². The topological polar surface area (TPSA) is 17.1 Å². The van der Waals surface area contributed by atoms with E-state index in [-0.39, 0.29) is 5.78 Å². The van der Waals surface area contributed by atoms with Crippen LogP contribution in [-0.4, -0.2) is 17.9 Å². The summed E-state index contributed by atoms with van der Waals surface area (Å²) < 4.78 is 0.847. The lowest BCUT2D eigenvalue weighted by atomic mass is 10.1. The number of carbonyl (C=O) groups is 1. The van der Waals surface area contributed by atoms with Crippen molar-refractivity contribution in [2.24, 2.45) is 0 Å². The number of alkyl halides is 1. The number of hydrogen-bond donors (Lipinski definition) is 0. The van der Waals surface area contributed by atoms with Gasteiger partial charge in [0.25, 0.3) is 0 Å². The minimum Gasteiger partial charge on any atom is -0.294 e. The van der Waals surface area contributed by atoms with Crippen LogP contribution in [-0.2, 0) is 0 Å². The van der Waals surface area contributed by atoms with E-state index in [4.69, 9.17) is 11.6 Å². The van der Waals surface area contributed by atoms with Crippen LogP contribution in [0.4, 0.5) is 0 Å². The summed E-state index contributed by atoms with van der Waals surface area (Å²) in [4.78, 5) is 12.7. The monoisotopic (exact) mass is 292 g/mol. The Kier molecular flexibility index (Phi) is 4.99. The number of rotatable bonds is 4. The van der Waals surface area contributed by atoms with Gasteiger partial charge in [0.05, 0.1) is 0 Å². The van der Waals surface area contributed by atoms with Crippen LogP contribution < -0.4 is 0 Å². The van der Waals surface area contributed by atoms with Crippen LogP contribution in [0.25, 0.3) is 0 Å². The highest BCUT2D eigenvalue weighted by molar-refractivity contribution is 9.10. The molecule has 0 aromatic heterocycles. The summed E-state index contributed by atoms with van der Waals surface area (Å²) in [7, 11) is 0. The minimum absolute atomic E-state index is 0.0829. The van der Waals surface area contributed by atoms with Crippen LogP contribution in [0.3, 0.4) is 0 Å². The summed E-state index contributed by atoms with van der Waals surface area (Å²) in [6.45, 7) is 0. The summed E-state index contributed by atoms with van der Waals surface area (Å²) in [5.41, 5.74) is 0.712. The Morgan fingerprint density at radius 3 is 2.79 bits per heavy atom. The van der Waals surface area contributed by atoms with Crippen LogP contribution in [0.2, 0.25) is 0 Å². The molecule has 14 heavy (non-hydrogen) atoms. The Balaban J connectivity index is 2.94.